The summed E-state index contributed by atoms with van der Waals surface area (Å²) in [5.41, 5.74) is 0.968. The van der Waals surface area contributed by atoms with Crippen molar-refractivity contribution < 1.29 is 18.0 Å². The van der Waals surface area contributed by atoms with Gasteiger partial charge in [-0.2, -0.15) is 0 Å². The minimum absolute atomic E-state index is 0.0157. The predicted molar refractivity (Wildman–Crippen MR) is 93.5 cm³/mol. The van der Waals surface area contributed by atoms with Crippen LogP contribution in [0, 0.1) is 23.4 Å². The molecule has 8 heteroatoms. The summed E-state index contributed by atoms with van der Waals surface area (Å²) in [5.74, 6) is -2.04. The van der Waals surface area contributed by atoms with Gasteiger partial charge in [0.2, 0.25) is 5.91 Å². The van der Waals surface area contributed by atoms with Gasteiger partial charge in [-0.05, 0) is 24.3 Å². The molecule has 0 unspecified atom stereocenters. The Labute approximate surface area is 151 Å². The molecule has 4 nitrogen and oxygen atoms in total. The van der Waals surface area contributed by atoms with E-state index in [9.17, 15) is 18.0 Å². The monoisotopic (exact) mass is 377 g/mol. The standard InChI is InChI=1S/C18H14F3N3OS/c19-12-2-1-10(14(21)5-12)7-22-17(25)11-8-24(9-11)18-23-15-4-3-13(20)6-16(15)26-18/h1-6,11H,7-9H2,(H,22,25). The van der Waals surface area contributed by atoms with Gasteiger partial charge in [0.25, 0.3) is 0 Å². The quantitative estimate of drug-likeness (QED) is 0.757. The molecule has 3 aromatic rings. The molecule has 134 valence electrons. The second-order valence-electron chi connectivity index (χ2n) is 6.16. The SMILES string of the molecule is O=C(NCc1ccc(F)cc1F)C1CN(c2nc3ccc(F)cc3s2)C1. The number of nitrogens with one attached hydrogen (secondary N) is 1. The number of halogens is 3. The van der Waals surface area contributed by atoms with E-state index in [-0.39, 0.29) is 29.8 Å². The molecule has 1 N–H and O–H groups in total. The van der Waals surface area contributed by atoms with Crippen LogP contribution in [-0.2, 0) is 11.3 Å². The number of thiazole rings is 1. The van der Waals surface area contributed by atoms with E-state index < -0.39 is 11.6 Å². The Balaban J connectivity index is 1.34. The molecule has 0 bridgehead atoms. The number of carbonyl (C=O) groups excluding carboxylic acids is 1. The van der Waals surface area contributed by atoms with E-state index in [2.05, 4.69) is 10.3 Å². The summed E-state index contributed by atoms with van der Waals surface area (Å²) in [6.45, 7) is 1.02. The second-order valence-corrected chi connectivity index (χ2v) is 7.17. The Kier molecular flexibility index (Phi) is 4.28. The Morgan fingerprint density at radius 3 is 2.65 bits per heavy atom. The average Bonchev–Trinajstić information content (AvgIpc) is 2.95. The van der Waals surface area contributed by atoms with Crippen molar-refractivity contribution in [2.24, 2.45) is 5.92 Å². The zero-order chi connectivity index (χ0) is 18.3. The third kappa shape index (κ3) is 3.24. The number of hydrogen-bond donors (Lipinski definition) is 1. The van der Waals surface area contributed by atoms with E-state index in [1.807, 2.05) is 4.90 Å². The highest BCUT2D eigenvalue weighted by Gasteiger charge is 2.34. The normalized spacial score (nSPS) is 14.5. The van der Waals surface area contributed by atoms with Gasteiger partial charge >= 0.3 is 0 Å². The van der Waals surface area contributed by atoms with Crippen LogP contribution in [0.1, 0.15) is 5.56 Å². The Bertz CT molecular complexity index is 985. The van der Waals surface area contributed by atoms with Crippen LogP contribution in [0.5, 0.6) is 0 Å². The maximum absolute atomic E-state index is 13.6. The molecule has 4 rings (SSSR count). The number of aromatic nitrogens is 1. The fourth-order valence-electron chi connectivity index (χ4n) is 2.81. The molecule has 26 heavy (non-hydrogen) atoms. The molecule has 1 aliphatic heterocycles. The smallest absolute Gasteiger partial charge is 0.226 e. The molecular weight excluding hydrogens is 363 g/mol. The number of hydrogen-bond acceptors (Lipinski definition) is 4. The van der Waals surface area contributed by atoms with Crippen LogP contribution in [0.15, 0.2) is 36.4 Å². The molecule has 2 aromatic carbocycles. The largest absolute Gasteiger partial charge is 0.352 e. The van der Waals surface area contributed by atoms with Crippen LogP contribution >= 0.6 is 11.3 Å². The summed E-state index contributed by atoms with van der Waals surface area (Å²) in [6, 6.07) is 7.71. The number of carbonyl (C=O) groups is 1. The van der Waals surface area contributed by atoms with Crippen molar-refractivity contribution in [3.05, 3.63) is 59.4 Å². The third-order valence-electron chi connectivity index (χ3n) is 4.33. The van der Waals surface area contributed by atoms with Crippen LogP contribution in [0.4, 0.5) is 18.3 Å². The lowest BCUT2D eigenvalue weighted by atomic mass is 10.00. The van der Waals surface area contributed by atoms with E-state index in [4.69, 9.17) is 0 Å². The zero-order valence-electron chi connectivity index (χ0n) is 13.5. The fraction of sp³-hybridized carbons (Fsp3) is 0.222. The first-order valence-electron chi connectivity index (χ1n) is 8.02. The highest BCUT2D eigenvalue weighted by atomic mass is 32.1. The molecule has 0 atom stereocenters. The van der Waals surface area contributed by atoms with Gasteiger partial charge < -0.3 is 10.2 Å². The molecular formula is C18H14F3N3OS. The van der Waals surface area contributed by atoms with Gasteiger partial charge in [0, 0.05) is 31.3 Å². The topological polar surface area (TPSA) is 45.2 Å². The molecule has 1 saturated heterocycles. The number of anilines is 1. The number of nitrogens with zero attached hydrogens (tertiary/aromatic N) is 2. The van der Waals surface area contributed by atoms with Crippen molar-refractivity contribution in [3.63, 3.8) is 0 Å². The van der Waals surface area contributed by atoms with Gasteiger partial charge in [-0.25, -0.2) is 18.2 Å². The van der Waals surface area contributed by atoms with Gasteiger partial charge in [0.15, 0.2) is 5.13 Å². The summed E-state index contributed by atoms with van der Waals surface area (Å²) in [4.78, 5) is 18.6. The number of benzene rings is 2. The van der Waals surface area contributed by atoms with Crippen LogP contribution in [0.2, 0.25) is 0 Å². The molecule has 2 heterocycles. The lowest BCUT2D eigenvalue weighted by Gasteiger charge is -2.37. The Morgan fingerprint density at radius 2 is 1.88 bits per heavy atom. The lowest BCUT2D eigenvalue weighted by Crippen LogP contribution is -2.53. The Hall–Kier alpha value is -2.61. The predicted octanol–water partition coefficient (Wildman–Crippen LogP) is 3.47. The van der Waals surface area contributed by atoms with Gasteiger partial charge in [0.05, 0.1) is 16.1 Å². The molecule has 0 spiro atoms. The second kappa shape index (κ2) is 6.60. The zero-order valence-corrected chi connectivity index (χ0v) is 14.3. The van der Waals surface area contributed by atoms with Crippen molar-refractivity contribution in [2.45, 2.75) is 6.54 Å². The fourth-order valence-corrected chi connectivity index (χ4v) is 3.82. The minimum Gasteiger partial charge on any atom is -0.352 e. The average molecular weight is 377 g/mol. The number of amides is 1. The summed E-state index contributed by atoms with van der Waals surface area (Å²) >= 11 is 1.38. The van der Waals surface area contributed by atoms with Crippen LogP contribution in [0.25, 0.3) is 10.2 Å². The highest BCUT2D eigenvalue weighted by Crippen LogP contribution is 2.33. The van der Waals surface area contributed by atoms with E-state index in [0.29, 0.717) is 13.1 Å². The number of rotatable bonds is 4. The Morgan fingerprint density at radius 1 is 1.15 bits per heavy atom. The first-order valence-corrected chi connectivity index (χ1v) is 8.84. The molecule has 0 radical (unpaired) electrons. The summed E-state index contributed by atoms with van der Waals surface area (Å²) < 4.78 is 40.5. The highest BCUT2D eigenvalue weighted by molar-refractivity contribution is 7.22. The molecule has 1 aliphatic rings. The van der Waals surface area contributed by atoms with Crippen molar-refractivity contribution in [3.8, 4) is 0 Å². The van der Waals surface area contributed by atoms with Crippen LogP contribution < -0.4 is 10.2 Å². The van der Waals surface area contributed by atoms with Crippen LogP contribution in [-0.4, -0.2) is 24.0 Å². The van der Waals surface area contributed by atoms with Gasteiger partial charge in [-0.1, -0.05) is 17.4 Å². The van der Waals surface area contributed by atoms with Gasteiger partial charge in [-0.3, -0.25) is 4.79 Å². The van der Waals surface area contributed by atoms with Gasteiger partial charge in [0.1, 0.15) is 17.5 Å². The van der Waals surface area contributed by atoms with Crippen molar-refractivity contribution in [1.82, 2.24) is 10.3 Å². The third-order valence-corrected chi connectivity index (χ3v) is 5.41. The van der Waals surface area contributed by atoms with Crippen molar-refractivity contribution >= 4 is 32.6 Å². The molecule has 1 fully saturated rings. The summed E-state index contributed by atoms with van der Waals surface area (Å²) in [5, 5.41) is 3.42. The van der Waals surface area contributed by atoms with Crippen molar-refractivity contribution in [1.29, 1.82) is 0 Å². The molecule has 0 saturated carbocycles. The minimum atomic E-state index is -0.678. The van der Waals surface area contributed by atoms with Crippen molar-refractivity contribution in [2.75, 3.05) is 18.0 Å². The van der Waals surface area contributed by atoms with Crippen LogP contribution in [0.3, 0.4) is 0 Å². The lowest BCUT2D eigenvalue weighted by molar-refractivity contribution is -0.125. The molecule has 1 amide bonds. The van der Waals surface area contributed by atoms with E-state index in [0.717, 1.165) is 27.5 Å². The maximum atomic E-state index is 13.6. The first kappa shape index (κ1) is 16.8. The first-order chi connectivity index (χ1) is 12.5. The van der Waals surface area contributed by atoms with E-state index >= 15 is 0 Å². The molecule has 0 aliphatic carbocycles. The summed E-state index contributed by atoms with van der Waals surface area (Å²) in [6.07, 6.45) is 0. The molecule has 1 aromatic heterocycles. The van der Waals surface area contributed by atoms with E-state index in [1.165, 1.54) is 29.5 Å². The van der Waals surface area contributed by atoms with E-state index in [1.54, 1.807) is 6.07 Å². The van der Waals surface area contributed by atoms with Gasteiger partial charge in [-0.15, -0.1) is 0 Å². The maximum Gasteiger partial charge on any atom is 0.226 e. The summed E-state index contributed by atoms with van der Waals surface area (Å²) in [7, 11) is 0. The number of fused-ring (bicyclic) bond motifs is 1.